The van der Waals surface area contributed by atoms with E-state index in [2.05, 4.69) is 12.2 Å². The lowest BCUT2D eigenvalue weighted by molar-refractivity contribution is -0.123. The van der Waals surface area contributed by atoms with Crippen LogP contribution in [0.4, 0.5) is 5.00 Å². The number of amides is 1. The van der Waals surface area contributed by atoms with E-state index < -0.39 is 23.9 Å². The van der Waals surface area contributed by atoms with Gasteiger partial charge in [0.05, 0.1) is 32.0 Å². The average Bonchev–Trinajstić information content (AvgIpc) is 3.15. The van der Waals surface area contributed by atoms with Crippen LogP contribution in [0.1, 0.15) is 58.3 Å². The van der Waals surface area contributed by atoms with Gasteiger partial charge in [0.25, 0.3) is 5.91 Å². The number of thiophene rings is 1. The normalized spacial score (nSPS) is 15.7. The van der Waals surface area contributed by atoms with Crippen molar-refractivity contribution in [3.05, 3.63) is 39.8 Å². The molecule has 0 saturated heterocycles. The number of nitrogens with one attached hydrogen (secondary N) is 1. The topological polar surface area (TPSA) is 100 Å². The highest BCUT2D eigenvalue weighted by molar-refractivity contribution is 7.17. The molecule has 0 spiro atoms. The maximum Gasteiger partial charge on any atom is 0.341 e. The lowest BCUT2D eigenvalue weighted by Gasteiger charge is -2.18. The summed E-state index contributed by atoms with van der Waals surface area (Å²) in [7, 11) is 2.95. The van der Waals surface area contributed by atoms with E-state index in [1.54, 1.807) is 13.0 Å². The van der Waals surface area contributed by atoms with Crippen LogP contribution >= 0.6 is 11.3 Å². The average molecular weight is 476 g/mol. The van der Waals surface area contributed by atoms with E-state index in [-0.39, 0.29) is 12.2 Å². The van der Waals surface area contributed by atoms with E-state index in [4.69, 9.17) is 18.9 Å². The fraction of sp³-hybridized carbons (Fsp3) is 0.458. The molecule has 9 heteroatoms. The largest absolute Gasteiger partial charge is 0.497 e. The standard InChI is InChI=1S/C24H29NO7S/c1-6-31-24(28)20-18-8-7-13(2)9-19(18)33-22(20)25-21(26)14(3)32-23(27)15-10-16(29-4)12-17(11-15)30-5/h10-14H,6-9H2,1-5H3,(H,25,26). The van der Waals surface area contributed by atoms with Gasteiger partial charge in [-0.15, -0.1) is 11.3 Å². The van der Waals surface area contributed by atoms with Crippen LogP contribution in [0.3, 0.4) is 0 Å². The Balaban J connectivity index is 1.77. The van der Waals surface area contributed by atoms with Gasteiger partial charge in [-0.3, -0.25) is 4.79 Å². The number of anilines is 1. The van der Waals surface area contributed by atoms with E-state index in [1.165, 1.54) is 44.6 Å². The molecule has 3 rings (SSSR count). The van der Waals surface area contributed by atoms with Crippen LogP contribution in [0.5, 0.6) is 11.5 Å². The molecule has 0 aliphatic heterocycles. The van der Waals surface area contributed by atoms with Gasteiger partial charge in [-0.25, -0.2) is 9.59 Å². The summed E-state index contributed by atoms with van der Waals surface area (Å²) < 4.78 is 20.9. The quantitative estimate of drug-likeness (QED) is 0.570. The van der Waals surface area contributed by atoms with Gasteiger partial charge < -0.3 is 24.3 Å². The number of benzene rings is 1. The number of methoxy groups -OCH3 is 2. The molecule has 2 aromatic rings. The number of carbonyl (C=O) groups excluding carboxylic acids is 3. The smallest absolute Gasteiger partial charge is 0.341 e. The zero-order valence-corrected chi connectivity index (χ0v) is 20.3. The Labute approximate surface area is 197 Å². The number of hydrogen-bond acceptors (Lipinski definition) is 8. The van der Waals surface area contributed by atoms with Gasteiger partial charge in [0.2, 0.25) is 0 Å². The Morgan fingerprint density at radius 3 is 2.39 bits per heavy atom. The summed E-state index contributed by atoms with van der Waals surface area (Å²) >= 11 is 1.38. The molecule has 1 aliphatic carbocycles. The van der Waals surface area contributed by atoms with Gasteiger partial charge in [-0.2, -0.15) is 0 Å². The Morgan fingerprint density at radius 1 is 1.12 bits per heavy atom. The molecule has 0 radical (unpaired) electrons. The van der Waals surface area contributed by atoms with Gasteiger partial charge >= 0.3 is 11.9 Å². The van der Waals surface area contributed by atoms with Crippen LogP contribution in [0.15, 0.2) is 18.2 Å². The summed E-state index contributed by atoms with van der Waals surface area (Å²) in [4.78, 5) is 39.2. The summed E-state index contributed by atoms with van der Waals surface area (Å²) in [6.45, 7) is 5.63. The third-order valence-electron chi connectivity index (χ3n) is 5.47. The van der Waals surface area contributed by atoms with E-state index >= 15 is 0 Å². The third kappa shape index (κ3) is 5.65. The minimum absolute atomic E-state index is 0.193. The second kappa shape index (κ2) is 10.7. The molecule has 1 aliphatic rings. The first-order valence-corrected chi connectivity index (χ1v) is 11.7. The van der Waals surface area contributed by atoms with Crippen molar-refractivity contribution < 1.29 is 33.3 Å². The summed E-state index contributed by atoms with van der Waals surface area (Å²) in [5.41, 5.74) is 1.55. The van der Waals surface area contributed by atoms with Crippen molar-refractivity contribution in [2.75, 3.05) is 26.1 Å². The maximum atomic E-state index is 12.9. The first kappa shape index (κ1) is 24.6. The number of hydrogen-bond donors (Lipinski definition) is 1. The molecule has 0 fully saturated rings. The molecule has 2 unspecified atom stereocenters. The number of esters is 2. The zero-order valence-electron chi connectivity index (χ0n) is 19.5. The molecule has 33 heavy (non-hydrogen) atoms. The van der Waals surface area contributed by atoms with Crippen LogP contribution < -0.4 is 14.8 Å². The molecule has 2 atom stereocenters. The molecule has 8 nitrogen and oxygen atoms in total. The molecule has 1 aromatic carbocycles. The summed E-state index contributed by atoms with van der Waals surface area (Å²) in [6.07, 6.45) is 1.49. The molecular formula is C24H29NO7S. The summed E-state index contributed by atoms with van der Waals surface area (Å²) in [5, 5.41) is 3.21. The fourth-order valence-corrected chi connectivity index (χ4v) is 5.08. The van der Waals surface area contributed by atoms with E-state index in [0.29, 0.717) is 28.0 Å². The first-order valence-electron chi connectivity index (χ1n) is 10.8. The van der Waals surface area contributed by atoms with Crippen molar-refractivity contribution in [2.45, 2.75) is 46.1 Å². The first-order chi connectivity index (χ1) is 15.8. The van der Waals surface area contributed by atoms with Gasteiger partial charge in [-0.05, 0) is 56.7 Å². The number of carbonyl (C=O) groups is 3. The van der Waals surface area contributed by atoms with Gasteiger partial charge in [0.1, 0.15) is 16.5 Å². The van der Waals surface area contributed by atoms with E-state index in [9.17, 15) is 14.4 Å². The zero-order chi connectivity index (χ0) is 24.1. The second-order valence-electron chi connectivity index (χ2n) is 7.91. The molecular weight excluding hydrogens is 446 g/mol. The lowest BCUT2D eigenvalue weighted by atomic mass is 9.88. The molecule has 0 bridgehead atoms. The highest BCUT2D eigenvalue weighted by Gasteiger charge is 2.30. The molecule has 1 aromatic heterocycles. The number of ether oxygens (including phenoxy) is 4. The van der Waals surface area contributed by atoms with Crippen molar-refractivity contribution >= 4 is 34.2 Å². The predicted octanol–water partition coefficient (Wildman–Crippen LogP) is 4.25. The maximum absolute atomic E-state index is 12.9. The number of fused-ring (bicyclic) bond motifs is 1. The minimum Gasteiger partial charge on any atom is -0.497 e. The van der Waals surface area contributed by atoms with E-state index in [1.807, 2.05) is 0 Å². The van der Waals surface area contributed by atoms with Crippen LogP contribution in [0, 0.1) is 5.92 Å². The van der Waals surface area contributed by atoms with Gasteiger partial charge in [0, 0.05) is 10.9 Å². The number of rotatable bonds is 8. The van der Waals surface area contributed by atoms with Crippen LogP contribution in [0.25, 0.3) is 0 Å². The highest BCUT2D eigenvalue weighted by atomic mass is 32.1. The Morgan fingerprint density at radius 2 is 1.79 bits per heavy atom. The Bertz CT molecular complexity index is 1020. The molecule has 1 heterocycles. The second-order valence-corrected chi connectivity index (χ2v) is 9.02. The molecule has 178 valence electrons. The van der Waals surface area contributed by atoms with Gasteiger partial charge in [0.15, 0.2) is 6.10 Å². The van der Waals surface area contributed by atoms with Crippen molar-refractivity contribution in [1.29, 1.82) is 0 Å². The van der Waals surface area contributed by atoms with Crippen molar-refractivity contribution in [1.82, 2.24) is 0 Å². The third-order valence-corrected chi connectivity index (χ3v) is 6.64. The summed E-state index contributed by atoms with van der Waals surface area (Å²) in [6, 6.07) is 4.63. The van der Waals surface area contributed by atoms with Gasteiger partial charge in [-0.1, -0.05) is 6.92 Å². The fourth-order valence-electron chi connectivity index (χ4n) is 3.68. The molecule has 0 saturated carbocycles. The highest BCUT2D eigenvalue weighted by Crippen LogP contribution is 2.40. The molecule has 1 N–H and O–H groups in total. The van der Waals surface area contributed by atoms with Crippen molar-refractivity contribution in [3.63, 3.8) is 0 Å². The predicted molar refractivity (Wildman–Crippen MR) is 125 cm³/mol. The summed E-state index contributed by atoms with van der Waals surface area (Å²) in [5.74, 6) is -0.315. The molecule has 1 amide bonds. The Kier molecular flexibility index (Phi) is 7.97. The Hall–Kier alpha value is -3.07. The van der Waals surface area contributed by atoms with Crippen molar-refractivity contribution in [3.8, 4) is 11.5 Å². The minimum atomic E-state index is -1.09. The monoisotopic (exact) mass is 475 g/mol. The van der Waals surface area contributed by atoms with E-state index in [0.717, 1.165) is 29.7 Å². The SMILES string of the molecule is CCOC(=O)c1c(NC(=O)C(C)OC(=O)c2cc(OC)cc(OC)c2)sc2c1CCC(C)C2. The van der Waals surface area contributed by atoms with Crippen LogP contribution in [0.2, 0.25) is 0 Å². The van der Waals surface area contributed by atoms with Crippen LogP contribution in [-0.4, -0.2) is 44.8 Å². The van der Waals surface area contributed by atoms with Crippen molar-refractivity contribution in [2.24, 2.45) is 5.92 Å². The van der Waals surface area contributed by atoms with Crippen LogP contribution in [-0.2, 0) is 27.1 Å². The lowest BCUT2D eigenvalue weighted by Crippen LogP contribution is -2.30.